The van der Waals surface area contributed by atoms with Crippen LogP contribution in [0, 0.1) is 5.41 Å². The molecule has 0 aliphatic heterocycles. The van der Waals surface area contributed by atoms with Crippen LogP contribution in [-0.4, -0.2) is 261 Å². The van der Waals surface area contributed by atoms with Crippen LogP contribution in [0.25, 0.3) is 0 Å². The molecule has 8 N–H and O–H groups in total. The molecule has 62 heavy (non-hydrogen) atoms. The molecular formula is C37H80N8O16S. The molecular weight excluding hydrogens is 845 g/mol. The van der Waals surface area contributed by atoms with E-state index in [-0.39, 0.29) is 7.43 Å². The predicted molar refractivity (Wildman–Crippen MR) is 243 cm³/mol. The second-order valence-electron chi connectivity index (χ2n) is 14.6. The van der Waals surface area contributed by atoms with E-state index >= 15 is 0 Å². The number of aromatic carboxylic acids is 5. The van der Waals surface area contributed by atoms with Crippen molar-refractivity contribution >= 4 is 46.1 Å². The fraction of sp³-hybridized carbons (Fsp3) is 0.622. The highest BCUT2D eigenvalue weighted by Gasteiger charge is 2.40. The molecule has 24 nitrogen and oxygen atoms in total. The molecule has 0 amide bonds. The molecule has 0 heterocycles. The Bertz CT molecular complexity index is 1400. The molecule has 0 fully saturated rings. The van der Waals surface area contributed by atoms with E-state index in [2.05, 4.69) is 9.78 Å². The number of benzene rings is 1. The highest BCUT2D eigenvalue weighted by molar-refractivity contribution is 7.79. The van der Waals surface area contributed by atoms with Gasteiger partial charge < -0.3 is 59.8 Å². The van der Waals surface area contributed by atoms with Crippen molar-refractivity contribution in [3.8, 4) is 0 Å². The lowest BCUT2D eigenvalue weighted by atomic mass is 9.85. The molecule has 0 bridgehead atoms. The number of allylic oxidation sites excluding steroid dienone is 1. The van der Waals surface area contributed by atoms with E-state index in [0.29, 0.717) is 0 Å². The number of nitrogens with one attached hydrogen (secondary N) is 1. The molecule has 0 unspecified atom stereocenters. The van der Waals surface area contributed by atoms with Gasteiger partial charge >= 0.3 is 40.2 Å². The normalized spacial score (nSPS) is 9.66. The summed E-state index contributed by atoms with van der Waals surface area (Å²) < 4.78 is 31.6. The molecule has 0 radical (unpaired) electrons. The van der Waals surface area contributed by atoms with E-state index in [4.69, 9.17) is 22.9 Å². The van der Waals surface area contributed by atoms with Gasteiger partial charge in [0.2, 0.25) is 0 Å². The van der Waals surface area contributed by atoms with Crippen molar-refractivity contribution in [1.82, 2.24) is 34.3 Å². The molecule has 370 valence electrons. The Morgan fingerprint density at radius 2 is 0.565 bits per heavy atom. The van der Waals surface area contributed by atoms with Crippen molar-refractivity contribution in [2.45, 2.75) is 14.4 Å². The van der Waals surface area contributed by atoms with Crippen molar-refractivity contribution in [2.24, 2.45) is 0 Å². The van der Waals surface area contributed by atoms with Crippen molar-refractivity contribution in [3.05, 3.63) is 45.7 Å². The summed E-state index contributed by atoms with van der Waals surface area (Å²) in [5.74, 6) is -12.2. The van der Waals surface area contributed by atoms with Crippen LogP contribution < -0.4 is 0 Å². The van der Waals surface area contributed by atoms with Gasteiger partial charge in [-0.1, -0.05) is 7.43 Å². The van der Waals surface area contributed by atoms with Crippen LogP contribution in [0.1, 0.15) is 71.7 Å². The molecule has 0 aliphatic carbocycles. The Kier molecular flexibility index (Phi) is 55.5. The SMILES string of the molecule is C.CC=COOC(=N)c1c(C(=O)O)c(C(=O)O)c(C(=O)O)c(C(=O)O)c1C(=O)O.CN(C)C.CN(C)C.CN(C)C.CN(C)C.CN(C)C.CN(C)C.CN(C)C.O=S(=O)(O)O. The third-order valence-electron chi connectivity index (χ3n) is 3.12. The van der Waals surface area contributed by atoms with Gasteiger partial charge in [0.1, 0.15) is 6.26 Å². The highest BCUT2D eigenvalue weighted by Crippen LogP contribution is 2.30. The van der Waals surface area contributed by atoms with Gasteiger partial charge in [0.05, 0.1) is 33.4 Å². The summed E-state index contributed by atoms with van der Waals surface area (Å²) >= 11 is 0. The summed E-state index contributed by atoms with van der Waals surface area (Å²) in [6.45, 7) is 1.45. The minimum absolute atomic E-state index is 0. The predicted octanol–water partition coefficient (Wildman–Crippen LogP) is 2.21. The van der Waals surface area contributed by atoms with Crippen molar-refractivity contribution in [1.29, 1.82) is 5.41 Å². The fourth-order valence-electron chi connectivity index (χ4n) is 2.22. The fourth-order valence-corrected chi connectivity index (χ4v) is 2.22. The molecule has 0 saturated carbocycles. The summed E-state index contributed by atoms with van der Waals surface area (Å²) in [5.41, 5.74) is -8.92. The van der Waals surface area contributed by atoms with Gasteiger partial charge in [-0.15, -0.1) is 0 Å². The first-order valence-corrected chi connectivity index (χ1v) is 18.4. The average molecular weight is 925 g/mol. The lowest BCUT2D eigenvalue weighted by molar-refractivity contribution is -0.165. The zero-order valence-electron chi connectivity index (χ0n) is 40.0. The Balaban J connectivity index is -0.0000000951. The van der Waals surface area contributed by atoms with Crippen LogP contribution in [0.5, 0.6) is 0 Å². The number of hydrogen-bond acceptors (Lipinski definition) is 17. The third kappa shape index (κ3) is 69.8. The summed E-state index contributed by atoms with van der Waals surface area (Å²) in [4.78, 5) is 80.4. The zero-order valence-corrected chi connectivity index (χ0v) is 40.8. The molecule has 0 saturated heterocycles. The monoisotopic (exact) mass is 925 g/mol. The molecule has 1 aromatic carbocycles. The van der Waals surface area contributed by atoms with E-state index in [9.17, 15) is 49.5 Å². The van der Waals surface area contributed by atoms with Gasteiger partial charge in [0.15, 0.2) is 0 Å². The smallest absolute Gasteiger partial charge is 0.394 e. The summed E-state index contributed by atoms with van der Waals surface area (Å²) in [7, 11) is 37.3. The second kappa shape index (κ2) is 44.2. The highest BCUT2D eigenvalue weighted by atomic mass is 32.3. The average Bonchev–Trinajstić information content (AvgIpc) is 2.96. The van der Waals surface area contributed by atoms with Crippen LogP contribution >= 0.6 is 0 Å². The number of rotatable bonds is 8. The quantitative estimate of drug-likeness (QED) is 0.0463. The van der Waals surface area contributed by atoms with E-state index in [0.717, 1.165) is 6.26 Å². The minimum atomic E-state index is -4.67. The maximum Gasteiger partial charge on any atom is 0.394 e. The summed E-state index contributed by atoms with van der Waals surface area (Å²) in [5, 5.41) is 54.2. The van der Waals surface area contributed by atoms with Gasteiger partial charge in [0, 0.05) is 0 Å². The number of carboxylic acids is 5. The molecule has 0 aromatic heterocycles. The first-order chi connectivity index (χ1) is 27.1. The first-order valence-electron chi connectivity index (χ1n) is 17.0. The lowest BCUT2D eigenvalue weighted by Crippen LogP contribution is -2.28. The molecule has 1 rings (SSSR count). The Morgan fingerprint density at radius 3 is 0.677 bits per heavy atom. The summed E-state index contributed by atoms with van der Waals surface area (Å²) in [6.07, 6.45) is 2.10. The molecule has 1 aromatic rings. The van der Waals surface area contributed by atoms with Crippen LogP contribution in [-0.2, 0) is 20.2 Å². The van der Waals surface area contributed by atoms with Gasteiger partial charge in [0.25, 0.3) is 5.90 Å². The number of carboxylic acid groups (broad SMARTS) is 5. The van der Waals surface area contributed by atoms with E-state index in [1.165, 1.54) is 13.0 Å². The number of nitrogens with zero attached hydrogens (tertiary/aromatic N) is 7. The van der Waals surface area contributed by atoms with Crippen LogP contribution in [0.4, 0.5) is 0 Å². The maximum absolute atomic E-state index is 11.6. The van der Waals surface area contributed by atoms with Gasteiger partial charge in [-0.25, -0.2) is 24.0 Å². The molecule has 0 atom stereocenters. The minimum Gasteiger partial charge on any atom is -0.478 e. The Hall–Kier alpha value is -4.83. The van der Waals surface area contributed by atoms with E-state index < -0.39 is 79.5 Å². The standard InChI is InChI=1S/C15H11NO12.7C3H9N.CH4.H2O4S/c1-2-3-27-28-10(16)4-5(11(17)18)7(13(21)22)9(15(25)26)8(14(23)24)6(4)12(19)20;7*1-4(2)3;;1-5(2,3)4/h2-3,16H,1H3,(H,17,18)(H,19,20)(H,21,22)(H,23,24)(H,25,26);7*1-3H3;1H4;(H2,1,2,3,4). The molecule has 0 aliphatic rings. The largest absolute Gasteiger partial charge is 0.478 e. The molecule has 25 heteroatoms. The van der Waals surface area contributed by atoms with Crippen molar-refractivity contribution in [3.63, 3.8) is 0 Å². The number of carbonyl (C=O) groups is 5. The topological polar surface area (TPSA) is 326 Å². The Labute approximate surface area is 370 Å². The van der Waals surface area contributed by atoms with Crippen LogP contribution in [0.2, 0.25) is 0 Å². The zero-order chi connectivity index (χ0) is 51.3. The maximum atomic E-state index is 11.6. The van der Waals surface area contributed by atoms with Gasteiger partial charge in [-0.3, -0.25) is 24.3 Å². The summed E-state index contributed by atoms with van der Waals surface area (Å²) in [6, 6.07) is 0. The van der Waals surface area contributed by atoms with Crippen molar-refractivity contribution < 1.29 is 76.8 Å². The first kappa shape index (κ1) is 77.7. The Morgan fingerprint density at radius 1 is 0.435 bits per heavy atom. The number of hydrogen-bond donors (Lipinski definition) is 8. The lowest BCUT2D eigenvalue weighted by Gasteiger charge is -2.17. The van der Waals surface area contributed by atoms with Crippen LogP contribution in [0.15, 0.2) is 12.3 Å². The van der Waals surface area contributed by atoms with E-state index in [1.807, 2.05) is 182 Å². The third-order valence-corrected chi connectivity index (χ3v) is 3.12. The van der Waals surface area contributed by atoms with Crippen LogP contribution in [0.3, 0.4) is 0 Å². The van der Waals surface area contributed by atoms with Gasteiger partial charge in [-0.2, -0.15) is 8.42 Å². The van der Waals surface area contributed by atoms with Crippen molar-refractivity contribution in [2.75, 3.05) is 148 Å². The van der Waals surface area contributed by atoms with Gasteiger partial charge in [-0.05, 0) is 161 Å². The van der Waals surface area contributed by atoms with E-state index in [1.54, 1.807) is 0 Å². The second-order valence-corrected chi connectivity index (χ2v) is 15.5. The molecule has 0 spiro atoms.